The average Bonchev–Trinajstić information content (AvgIpc) is 2.27. The van der Waals surface area contributed by atoms with Crippen LogP contribution in [0.25, 0.3) is 0 Å². The van der Waals surface area contributed by atoms with Gasteiger partial charge >= 0.3 is 76.2 Å². The first-order valence-electron chi connectivity index (χ1n) is 6.15. The summed E-state index contributed by atoms with van der Waals surface area (Å²) in [6.45, 7) is 9.59. The second kappa shape index (κ2) is 13.0. The zero-order valence-corrected chi connectivity index (χ0v) is 13.0. The number of hydrogen-bond acceptors (Lipinski definition) is 5. The first-order chi connectivity index (χ1) is 8.33. The Morgan fingerprint density at radius 1 is 1.11 bits per heavy atom. The van der Waals surface area contributed by atoms with Crippen molar-refractivity contribution in [2.75, 3.05) is 0 Å². The molecule has 0 spiro atoms. The number of hydrogen-bond donors (Lipinski definition) is 0. The zero-order chi connectivity index (χ0) is 14.6. The Labute approximate surface area is 116 Å². The number of carboxylic acids is 1. The van der Waals surface area contributed by atoms with Crippen LogP contribution in [0.1, 0.15) is 53.9 Å². The van der Waals surface area contributed by atoms with Crippen LogP contribution in [0, 0.1) is 0 Å². The van der Waals surface area contributed by atoms with E-state index in [-0.39, 0.29) is 21.7 Å². The third kappa shape index (κ3) is 18.0. The van der Waals surface area contributed by atoms with E-state index in [2.05, 4.69) is 27.7 Å². The van der Waals surface area contributed by atoms with Gasteiger partial charge in [0.15, 0.2) is 0 Å². The first kappa shape index (κ1) is 19.9. The van der Waals surface area contributed by atoms with E-state index >= 15 is 0 Å². The molecule has 0 radical (unpaired) electrons. The molecule has 5 nitrogen and oxygen atoms in total. The molecule has 0 amide bonds. The standard InChI is InChI=1S/C4H6O3.2C4H9O.Al/c1-3(5)2-4(6)7;2*1-3-4(2)5;/h2H2,1H3,(H,6,7);2*4H,3H2,1-2H3;/q;2*-1;+3/p-1. The van der Waals surface area contributed by atoms with Gasteiger partial charge in [0.2, 0.25) is 0 Å². The summed E-state index contributed by atoms with van der Waals surface area (Å²) in [6.07, 6.45) is 2.37. The number of carbonyl (C=O) groups excluding carboxylic acids is 2. The third-order valence-electron chi connectivity index (χ3n) is 2.12. The second-order valence-corrected chi connectivity index (χ2v) is 4.79. The molecule has 2 unspecified atom stereocenters. The van der Waals surface area contributed by atoms with E-state index in [4.69, 9.17) is 7.58 Å². The molecule has 0 aromatic heterocycles. The van der Waals surface area contributed by atoms with Gasteiger partial charge in [-0.2, -0.15) is 0 Å². The first-order valence-corrected chi connectivity index (χ1v) is 7.09. The van der Waals surface area contributed by atoms with Gasteiger partial charge in [0.25, 0.3) is 0 Å². The second-order valence-electron chi connectivity index (χ2n) is 4.06. The van der Waals surface area contributed by atoms with Crippen molar-refractivity contribution < 1.29 is 22.3 Å². The van der Waals surface area contributed by atoms with E-state index in [1.54, 1.807) is 0 Å². The predicted octanol–water partition coefficient (Wildman–Crippen LogP) is 0.866. The van der Waals surface area contributed by atoms with Crippen LogP contribution >= 0.6 is 0 Å². The molecule has 0 heterocycles. The normalized spacial score (nSPS) is 12.7. The van der Waals surface area contributed by atoms with Gasteiger partial charge in [0.05, 0.1) is 0 Å². The SMILES string of the molecule is CC(=O)CC(=O)[O-].CCC(C)[O][Al+][O]C(C)CC. The monoisotopic (exact) mass is 274 g/mol. The van der Waals surface area contributed by atoms with Crippen molar-refractivity contribution in [2.45, 2.75) is 66.1 Å². The van der Waals surface area contributed by atoms with Gasteiger partial charge in [0, 0.05) is 12.4 Å². The Kier molecular flexibility index (Phi) is 14.4. The molecule has 0 saturated heterocycles. The summed E-state index contributed by atoms with van der Waals surface area (Å²) in [5, 5.41) is 9.48. The summed E-state index contributed by atoms with van der Waals surface area (Å²) in [4.78, 5) is 19.3. The van der Waals surface area contributed by atoms with E-state index in [1.165, 1.54) is 6.92 Å². The van der Waals surface area contributed by atoms with Crippen molar-refractivity contribution in [1.29, 1.82) is 0 Å². The fourth-order valence-corrected chi connectivity index (χ4v) is 1.45. The van der Waals surface area contributed by atoms with Gasteiger partial charge in [-0.05, 0) is 6.92 Å². The molecule has 0 N–H and O–H groups in total. The summed E-state index contributed by atoms with van der Waals surface area (Å²) in [7, 11) is 0. The summed E-state index contributed by atoms with van der Waals surface area (Å²) in [5.74, 6) is -1.69. The van der Waals surface area contributed by atoms with Crippen molar-refractivity contribution in [3.63, 3.8) is 0 Å². The molecule has 0 aliphatic heterocycles. The van der Waals surface area contributed by atoms with E-state index < -0.39 is 12.4 Å². The summed E-state index contributed by atoms with van der Waals surface area (Å²) in [6, 6.07) is 0. The van der Waals surface area contributed by atoms with E-state index in [9.17, 15) is 14.7 Å². The summed E-state index contributed by atoms with van der Waals surface area (Å²) >= 11 is -0.250. The Balaban J connectivity index is 0. The number of aliphatic carboxylic acids is 1. The molecule has 0 rings (SSSR count). The van der Waals surface area contributed by atoms with Gasteiger partial charge < -0.3 is 9.90 Å². The van der Waals surface area contributed by atoms with Crippen molar-refractivity contribution in [3.05, 3.63) is 0 Å². The molecule has 0 aliphatic rings. The van der Waals surface area contributed by atoms with Crippen LogP contribution < -0.4 is 5.11 Å². The Bertz CT molecular complexity index is 211. The average molecular weight is 274 g/mol. The molecule has 6 heteroatoms. The fraction of sp³-hybridized carbons (Fsp3) is 0.833. The molecular weight excluding hydrogens is 251 g/mol. The van der Waals surface area contributed by atoms with Crippen molar-refractivity contribution in [1.82, 2.24) is 0 Å². The van der Waals surface area contributed by atoms with Gasteiger partial charge in [-0.3, -0.25) is 4.79 Å². The van der Waals surface area contributed by atoms with Gasteiger partial charge in [-0.15, -0.1) is 0 Å². The van der Waals surface area contributed by atoms with Gasteiger partial charge in [-0.25, -0.2) is 0 Å². The molecule has 0 saturated carbocycles. The Morgan fingerprint density at radius 3 is 1.67 bits per heavy atom. The Hall–Kier alpha value is -0.408. The number of carbonyl (C=O) groups is 2. The van der Waals surface area contributed by atoms with Crippen LogP contribution in [0.2, 0.25) is 0 Å². The van der Waals surface area contributed by atoms with Crippen molar-refractivity contribution in [2.24, 2.45) is 0 Å². The molecule has 0 aromatic rings. The van der Waals surface area contributed by atoms with E-state index in [0.717, 1.165) is 12.8 Å². The minimum absolute atomic E-state index is 0.250. The van der Waals surface area contributed by atoms with E-state index in [0.29, 0.717) is 12.2 Å². The molecule has 0 aliphatic carbocycles. The van der Waals surface area contributed by atoms with E-state index in [1.807, 2.05) is 0 Å². The number of carboxylic acid groups (broad SMARTS) is 1. The summed E-state index contributed by atoms with van der Waals surface area (Å²) < 4.78 is 10.8. The predicted molar refractivity (Wildman–Crippen MR) is 67.7 cm³/mol. The Morgan fingerprint density at radius 2 is 1.50 bits per heavy atom. The fourth-order valence-electron chi connectivity index (χ4n) is 0.617. The van der Waals surface area contributed by atoms with Crippen LogP contribution in [0.15, 0.2) is 0 Å². The van der Waals surface area contributed by atoms with Gasteiger partial charge in [0.1, 0.15) is 5.78 Å². The van der Waals surface area contributed by atoms with Crippen molar-refractivity contribution >= 4 is 27.6 Å². The topological polar surface area (TPSA) is 75.7 Å². The summed E-state index contributed by atoms with van der Waals surface area (Å²) in [5.41, 5.74) is 0. The van der Waals surface area contributed by atoms with Crippen LogP contribution in [-0.4, -0.2) is 39.8 Å². The van der Waals surface area contributed by atoms with Gasteiger partial charge in [-0.1, -0.05) is 0 Å². The molecule has 2 atom stereocenters. The maximum absolute atomic E-state index is 9.83. The number of Topliss-reactive ketones (excluding diaryl/α,β-unsaturated/α-hetero) is 1. The minimum atomic E-state index is -1.31. The maximum atomic E-state index is 9.83. The molecule has 18 heavy (non-hydrogen) atoms. The molecule has 0 bridgehead atoms. The molecule has 104 valence electrons. The van der Waals surface area contributed by atoms with Crippen LogP contribution in [0.5, 0.6) is 0 Å². The van der Waals surface area contributed by atoms with Crippen LogP contribution in [0.3, 0.4) is 0 Å². The van der Waals surface area contributed by atoms with Crippen molar-refractivity contribution in [3.8, 4) is 0 Å². The molecule has 0 fully saturated rings. The third-order valence-corrected chi connectivity index (χ3v) is 3.27. The quantitative estimate of drug-likeness (QED) is 0.485. The number of ketones is 1. The molecular formula is C12H23AlO5. The zero-order valence-electron chi connectivity index (χ0n) is 11.9. The molecule has 0 aromatic carbocycles. The van der Waals surface area contributed by atoms with Crippen LogP contribution in [0.4, 0.5) is 0 Å². The van der Waals surface area contributed by atoms with Crippen LogP contribution in [-0.2, 0) is 17.2 Å². The number of rotatable bonds is 8.